The molecule has 0 saturated heterocycles. The van der Waals surface area contributed by atoms with Crippen molar-refractivity contribution in [2.75, 3.05) is 5.73 Å². The normalized spacial score (nSPS) is 9.23. The molecule has 0 aromatic heterocycles. The van der Waals surface area contributed by atoms with Gasteiger partial charge in [0.1, 0.15) is 6.07 Å². The molecule has 0 bridgehead atoms. The van der Waals surface area contributed by atoms with Gasteiger partial charge in [0.05, 0.1) is 16.8 Å². The molecule has 0 aliphatic rings. The Morgan fingerprint density at radius 1 is 1.62 bits per heavy atom. The van der Waals surface area contributed by atoms with E-state index in [1.165, 1.54) is 12.1 Å². The summed E-state index contributed by atoms with van der Waals surface area (Å²) in [5.74, 6) is -1.03. The van der Waals surface area contributed by atoms with E-state index < -0.39 is 5.97 Å². The SMILES string of the molecule is Cc1cc(C#N)c(N)cc1C(=O)O. The number of nitrogen functional groups attached to an aromatic ring is 1. The second-order valence-electron chi connectivity index (χ2n) is 2.67. The first-order valence-corrected chi connectivity index (χ1v) is 3.59. The van der Waals surface area contributed by atoms with E-state index >= 15 is 0 Å². The minimum absolute atomic E-state index is 0.136. The van der Waals surface area contributed by atoms with Gasteiger partial charge < -0.3 is 10.8 Å². The first-order chi connectivity index (χ1) is 6.06. The third-order valence-electron chi connectivity index (χ3n) is 1.75. The minimum atomic E-state index is -1.03. The Balaban J connectivity index is 3.39. The highest BCUT2D eigenvalue weighted by molar-refractivity contribution is 5.91. The van der Waals surface area contributed by atoms with E-state index in [9.17, 15) is 4.79 Å². The van der Waals surface area contributed by atoms with Gasteiger partial charge in [-0.3, -0.25) is 0 Å². The van der Waals surface area contributed by atoms with Gasteiger partial charge in [0.2, 0.25) is 0 Å². The number of aryl methyl sites for hydroxylation is 1. The van der Waals surface area contributed by atoms with Crippen molar-refractivity contribution in [3.63, 3.8) is 0 Å². The molecule has 4 nitrogen and oxygen atoms in total. The molecule has 0 heterocycles. The average molecular weight is 176 g/mol. The van der Waals surface area contributed by atoms with Gasteiger partial charge in [0.15, 0.2) is 0 Å². The fraction of sp³-hybridized carbons (Fsp3) is 0.111. The highest BCUT2D eigenvalue weighted by Crippen LogP contribution is 2.17. The van der Waals surface area contributed by atoms with Crippen LogP contribution in [0.25, 0.3) is 0 Å². The number of hydrogen-bond acceptors (Lipinski definition) is 3. The van der Waals surface area contributed by atoms with Crippen LogP contribution in [0.5, 0.6) is 0 Å². The Hall–Kier alpha value is -2.02. The monoisotopic (exact) mass is 176 g/mol. The Morgan fingerprint density at radius 2 is 2.23 bits per heavy atom. The lowest BCUT2D eigenvalue weighted by atomic mass is 10.0. The number of anilines is 1. The van der Waals surface area contributed by atoms with E-state index in [0.29, 0.717) is 11.1 Å². The second-order valence-corrected chi connectivity index (χ2v) is 2.67. The molecule has 1 aromatic rings. The predicted molar refractivity (Wildman–Crippen MR) is 47.3 cm³/mol. The summed E-state index contributed by atoms with van der Waals surface area (Å²) in [5, 5.41) is 17.3. The zero-order valence-electron chi connectivity index (χ0n) is 7.03. The summed E-state index contributed by atoms with van der Waals surface area (Å²) in [6.07, 6.45) is 0. The lowest BCUT2D eigenvalue weighted by molar-refractivity contribution is 0.0696. The van der Waals surface area contributed by atoms with Crippen LogP contribution in [0.1, 0.15) is 21.5 Å². The summed E-state index contributed by atoms with van der Waals surface area (Å²) >= 11 is 0. The van der Waals surface area contributed by atoms with Crippen molar-refractivity contribution in [3.8, 4) is 6.07 Å². The maximum absolute atomic E-state index is 10.6. The number of hydrogen-bond donors (Lipinski definition) is 2. The lowest BCUT2D eigenvalue weighted by Crippen LogP contribution is -2.02. The Bertz CT molecular complexity index is 405. The first-order valence-electron chi connectivity index (χ1n) is 3.59. The smallest absolute Gasteiger partial charge is 0.336 e. The van der Waals surface area contributed by atoms with E-state index in [1.54, 1.807) is 6.92 Å². The molecular formula is C9H8N2O2. The van der Waals surface area contributed by atoms with E-state index in [1.807, 2.05) is 6.07 Å². The molecule has 0 radical (unpaired) electrons. The fourth-order valence-electron chi connectivity index (χ4n) is 1.05. The van der Waals surface area contributed by atoms with Gasteiger partial charge in [0, 0.05) is 0 Å². The van der Waals surface area contributed by atoms with Crippen molar-refractivity contribution in [3.05, 3.63) is 28.8 Å². The number of nitrogens with two attached hydrogens (primary N) is 1. The van der Waals surface area contributed by atoms with Crippen LogP contribution in [-0.4, -0.2) is 11.1 Å². The van der Waals surface area contributed by atoms with E-state index in [4.69, 9.17) is 16.1 Å². The van der Waals surface area contributed by atoms with Crippen molar-refractivity contribution >= 4 is 11.7 Å². The zero-order valence-corrected chi connectivity index (χ0v) is 7.03. The summed E-state index contributed by atoms with van der Waals surface area (Å²) in [7, 11) is 0. The standard InChI is InChI=1S/C9H8N2O2/c1-5-2-6(4-10)8(11)3-7(5)9(12)13/h2-3H,11H2,1H3,(H,12,13). The topological polar surface area (TPSA) is 87.1 Å². The third kappa shape index (κ3) is 1.59. The molecular weight excluding hydrogens is 168 g/mol. The summed E-state index contributed by atoms with van der Waals surface area (Å²) in [5.41, 5.74) is 6.64. The van der Waals surface area contributed by atoms with Crippen molar-refractivity contribution in [2.24, 2.45) is 0 Å². The van der Waals surface area contributed by atoms with Gasteiger partial charge in [-0.05, 0) is 24.6 Å². The highest BCUT2D eigenvalue weighted by atomic mass is 16.4. The molecule has 1 rings (SSSR count). The number of benzene rings is 1. The van der Waals surface area contributed by atoms with Gasteiger partial charge in [-0.1, -0.05) is 0 Å². The summed E-state index contributed by atoms with van der Waals surface area (Å²) in [6.45, 7) is 1.63. The predicted octanol–water partition coefficient (Wildman–Crippen LogP) is 1.15. The largest absolute Gasteiger partial charge is 0.478 e. The maximum atomic E-state index is 10.6. The lowest BCUT2D eigenvalue weighted by Gasteiger charge is -2.03. The molecule has 0 spiro atoms. The molecule has 4 heteroatoms. The molecule has 1 aromatic carbocycles. The van der Waals surface area contributed by atoms with Crippen LogP contribution in [-0.2, 0) is 0 Å². The number of carboxylic acid groups (broad SMARTS) is 1. The molecule has 0 fully saturated rings. The molecule has 0 unspecified atom stereocenters. The van der Waals surface area contributed by atoms with Crippen LogP contribution >= 0.6 is 0 Å². The van der Waals surface area contributed by atoms with Gasteiger partial charge in [-0.15, -0.1) is 0 Å². The fourth-order valence-corrected chi connectivity index (χ4v) is 1.05. The van der Waals surface area contributed by atoms with Crippen LogP contribution in [0.4, 0.5) is 5.69 Å². The van der Waals surface area contributed by atoms with Crippen LogP contribution in [0.15, 0.2) is 12.1 Å². The van der Waals surface area contributed by atoms with Gasteiger partial charge in [-0.2, -0.15) is 5.26 Å². The Labute approximate surface area is 75.2 Å². The van der Waals surface area contributed by atoms with Gasteiger partial charge >= 0.3 is 5.97 Å². The third-order valence-corrected chi connectivity index (χ3v) is 1.75. The first kappa shape index (κ1) is 9.07. The van der Waals surface area contributed by atoms with Crippen molar-refractivity contribution < 1.29 is 9.90 Å². The summed E-state index contributed by atoms with van der Waals surface area (Å²) < 4.78 is 0. The number of carbonyl (C=O) groups is 1. The van der Waals surface area contributed by atoms with Crippen molar-refractivity contribution in [1.29, 1.82) is 5.26 Å². The number of carboxylic acids is 1. The van der Waals surface area contributed by atoms with Gasteiger partial charge in [-0.25, -0.2) is 4.79 Å². The van der Waals surface area contributed by atoms with E-state index in [2.05, 4.69) is 0 Å². The van der Waals surface area contributed by atoms with Crippen LogP contribution in [0, 0.1) is 18.3 Å². The van der Waals surface area contributed by atoms with Crippen LogP contribution < -0.4 is 5.73 Å². The number of nitriles is 1. The maximum Gasteiger partial charge on any atom is 0.336 e. The Morgan fingerprint density at radius 3 is 2.69 bits per heavy atom. The molecule has 0 atom stereocenters. The molecule has 0 aliphatic heterocycles. The second kappa shape index (κ2) is 3.15. The van der Waals surface area contributed by atoms with E-state index in [0.717, 1.165) is 0 Å². The highest BCUT2D eigenvalue weighted by Gasteiger charge is 2.09. The average Bonchev–Trinajstić information content (AvgIpc) is 2.07. The zero-order chi connectivity index (χ0) is 10.0. The minimum Gasteiger partial charge on any atom is -0.478 e. The van der Waals surface area contributed by atoms with Crippen molar-refractivity contribution in [2.45, 2.75) is 6.92 Å². The van der Waals surface area contributed by atoms with Crippen LogP contribution in [0.2, 0.25) is 0 Å². The number of rotatable bonds is 1. The van der Waals surface area contributed by atoms with Crippen LogP contribution in [0.3, 0.4) is 0 Å². The summed E-state index contributed by atoms with van der Waals surface area (Å²) in [4.78, 5) is 10.6. The number of nitrogens with zero attached hydrogens (tertiary/aromatic N) is 1. The summed E-state index contributed by atoms with van der Waals surface area (Å²) in [6, 6.07) is 4.66. The van der Waals surface area contributed by atoms with Gasteiger partial charge in [0.25, 0.3) is 0 Å². The molecule has 0 saturated carbocycles. The Kier molecular flexibility index (Phi) is 2.20. The van der Waals surface area contributed by atoms with E-state index in [-0.39, 0.29) is 11.3 Å². The number of aromatic carboxylic acids is 1. The molecule has 13 heavy (non-hydrogen) atoms. The van der Waals surface area contributed by atoms with Crippen molar-refractivity contribution in [1.82, 2.24) is 0 Å². The molecule has 3 N–H and O–H groups in total. The molecule has 0 aliphatic carbocycles. The molecule has 0 amide bonds. The quantitative estimate of drug-likeness (QED) is 0.628. The molecule has 66 valence electrons.